The molecule has 0 radical (unpaired) electrons. The minimum atomic E-state index is 0.692. The van der Waals surface area contributed by atoms with Gasteiger partial charge in [0.2, 0.25) is 0 Å². The number of hydrogen-bond acceptors (Lipinski definition) is 3. The lowest BCUT2D eigenvalue weighted by Gasteiger charge is -2.28. The Bertz CT molecular complexity index is 372. The number of aromatic nitrogens is 2. The fourth-order valence-electron chi connectivity index (χ4n) is 2.90. The van der Waals surface area contributed by atoms with E-state index in [-0.39, 0.29) is 0 Å². The molecule has 4 nitrogen and oxygen atoms in total. The molecule has 108 valence electrons. The highest BCUT2D eigenvalue weighted by atomic mass is 15.2. The molecule has 1 atom stereocenters. The number of imidazole rings is 1. The molecule has 1 fully saturated rings. The van der Waals surface area contributed by atoms with E-state index in [1.165, 1.54) is 44.6 Å². The summed E-state index contributed by atoms with van der Waals surface area (Å²) in [5, 5.41) is 0. The van der Waals surface area contributed by atoms with Gasteiger partial charge >= 0.3 is 0 Å². The first-order valence-electron chi connectivity index (χ1n) is 7.59. The quantitative estimate of drug-likeness (QED) is 0.815. The molecule has 1 aromatic heterocycles. The SMILES string of the molecule is CCCn1ccnc1CN1CCCC[C@H](N(C)C)C1. The Hall–Kier alpha value is -0.870. The zero-order valence-corrected chi connectivity index (χ0v) is 12.7. The van der Waals surface area contributed by atoms with Crippen LogP contribution in [0, 0.1) is 0 Å². The monoisotopic (exact) mass is 264 g/mol. The Morgan fingerprint density at radius 3 is 2.95 bits per heavy atom. The molecule has 1 aliphatic rings. The molecule has 0 unspecified atom stereocenters. The molecule has 0 bridgehead atoms. The van der Waals surface area contributed by atoms with Crippen LogP contribution in [-0.2, 0) is 13.1 Å². The van der Waals surface area contributed by atoms with Gasteiger partial charge in [-0.15, -0.1) is 0 Å². The largest absolute Gasteiger partial charge is 0.334 e. The number of likely N-dealkylation sites (N-methyl/N-ethyl adjacent to an activating group) is 1. The van der Waals surface area contributed by atoms with Crippen LogP contribution in [-0.4, -0.2) is 52.6 Å². The van der Waals surface area contributed by atoms with Gasteiger partial charge in [0.25, 0.3) is 0 Å². The van der Waals surface area contributed by atoms with E-state index in [0.717, 1.165) is 13.1 Å². The summed E-state index contributed by atoms with van der Waals surface area (Å²) in [5.74, 6) is 1.22. The fourth-order valence-corrected chi connectivity index (χ4v) is 2.90. The number of nitrogens with zero attached hydrogens (tertiary/aromatic N) is 4. The lowest BCUT2D eigenvalue weighted by Crippen LogP contribution is -2.39. The van der Waals surface area contributed by atoms with Crippen molar-refractivity contribution in [2.24, 2.45) is 0 Å². The molecule has 0 aromatic carbocycles. The van der Waals surface area contributed by atoms with Crippen molar-refractivity contribution in [2.45, 2.75) is 51.7 Å². The highest BCUT2D eigenvalue weighted by Crippen LogP contribution is 2.16. The molecular weight excluding hydrogens is 236 g/mol. The number of rotatable bonds is 5. The minimum Gasteiger partial charge on any atom is -0.334 e. The van der Waals surface area contributed by atoms with Gasteiger partial charge in [0, 0.05) is 31.5 Å². The van der Waals surface area contributed by atoms with E-state index in [4.69, 9.17) is 0 Å². The smallest absolute Gasteiger partial charge is 0.122 e. The van der Waals surface area contributed by atoms with Crippen molar-refractivity contribution < 1.29 is 0 Å². The second kappa shape index (κ2) is 7.06. The first-order valence-corrected chi connectivity index (χ1v) is 7.59. The normalized spacial score (nSPS) is 21.8. The van der Waals surface area contributed by atoms with Gasteiger partial charge in [-0.2, -0.15) is 0 Å². The van der Waals surface area contributed by atoms with Gasteiger partial charge < -0.3 is 9.47 Å². The molecule has 0 aliphatic carbocycles. The van der Waals surface area contributed by atoms with Crippen LogP contribution in [0.1, 0.15) is 38.4 Å². The van der Waals surface area contributed by atoms with Gasteiger partial charge in [0.15, 0.2) is 0 Å². The molecule has 1 aliphatic heterocycles. The van der Waals surface area contributed by atoms with Crippen LogP contribution in [0.3, 0.4) is 0 Å². The molecule has 4 heteroatoms. The first kappa shape index (κ1) is 14.5. The molecule has 0 N–H and O–H groups in total. The summed E-state index contributed by atoms with van der Waals surface area (Å²) < 4.78 is 2.30. The average molecular weight is 264 g/mol. The predicted octanol–water partition coefficient (Wildman–Crippen LogP) is 2.21. The van der Waals surface area contributed by atoms with Gasteiger partial charge in [-0.3, -0.25) is 4.90 Å². The van der Waals surface area contributed by atoms with E-state index >= 15 is 0 Å². The molecule has 0 amide bonds. The van der Waals surface area contributed by atoms with Gasteiger partial charge in [0.1, 0.15) is 5.82 Å². The summed E-state index contributed by atoms with van der Waals surface area (Å²) in [6.07, 6.45) is 9.21. The summed E-state index contributed by atoms with van der Waals surface area (Å²) in [7, 11) is 4.40. The third kappa shape index (κ3) is 4.05. The second-order valence-electron chi connectivity index (χ2n) is 5.89. The maximum absolute atomic E-state index is 4.54. The third-order valence-electron chi connectivity index (χ3n) is 4.09. The van der Waals surface area contributed by atoms with Crippen molar-refractivity contribution in [2.75, 3.05) is 27.2 Å². The van der Waals surface area contributed by atoms with E-state index < -0.39 is 0 Å². The molecular formula is C15H28N4. The van der Waals surface area contributed by atoms with Crippen LogP contribution in [0.25, 0.3) is 0 Å². The summed E-state index contributed by atoms with van der Waals surface area (Å²) in [5.41, 5.74) is 0. The zero-order chi connectivity index (χ0) is 13.7. The molecule has 0 saturated carbocycles. The van der Waals surface area contributed by atoms with Crippen LogP contribution in [0.5, 0.6) is 0 Å². The van der Waals surface area contributed by atoms with Crippen molar-refractivity contribution in [1.29, 1.82) is 0 Å². The van der Waals surface area contributed by atoms with E-state index in [1.807, 2.05) is 6.20 Å². The standard InChI is InChI=1S/C15H28N4/c1-4-9-19-11-8-16-15(19)13-18-10-6-5-7-14(12-18)17(2)3/h8,11,14H,4-7,9-10,12-13H2,1-3H3/t14-/m0/s1. The molecule has 2 heterocycles. The predicted molar refractivity (Wildman–Crippen MR) is 79.1 cm³/mol. The maximum Gasteiger partial charge on any atom is 0.122 e. The van der Waals surface area contributed by atoms with Crippen LogP contribution >= 0.6 is 0 Å². The topological polar surface area (TPSA) is 24.3 Å². The van der Waals surface area contributed by atoms with Gasteiger partial charge in [0.05, 0.1) is 6.54 Å². The third-order valence-corrected chi connectivity index (χ3v) is 4.09. The summed E-state index contributed by atoms with van der Waals surface area (Å²) in [6, 6.07) is 0.692. The second-order valence-corrected chi connectivity index (χ2v) is 5.89. The van der Waals surface area contributed by atoms with Crippen molar-refractivity contribution in [3.8, 4) is 0 Å². The Morgan fingerprint density at radius 2 is 2.21 bits per heavy atom. The number of likely N-dealkylation sites (tertiary alicyclic amines) is 1. The lowest BCUT2D eigenvalue weighted by atomic mass is 10.1. The maximum atomic E-state index is 4.54. The Labute approximate surface area is 117 Å². The fraction of sp³-hybridized carbons (Fsp3) is 0.800. The van der Waals surface area contributed by atoms with Crippen LogP contribution in [0.4, 0.5) is 0 Å². The minimum absolute atomic E-state index is 0.692. The van der Waals surface area contributed by atoms with Crippen molar-refractivity contribution >= 4 is 0 Å². The molecule has 1 saturated heterocycles. The van der Waals surface area contributed by atoms with Gasteiger partial charge in [-0.1, -0.05) is 13.3 Å². The van der Waals surface area contributed by atoms with E-state index in [2.05, 4.69) is 46.6 Å². The molecule has 2 rings (SSSR count). The highest BCUT2D eigenvalue weighted by molar-refractivity contribution is 4.93. The molecule has 1 aromatic rings. The highest BCUT2D eigenvalue weighted by Gasteiger charge is 2.20. The van der Waals surface area contributed by atoms with Crippen LogP contribution in [0.15, 0.2) is 12.4 Å². The van der Waals surface area contributed by atoms with Crippen LogP contribution < -0.4 is 0 Å². The zero-order valence-electron chi connectivity index (χ0n) is 12.7. The molecule has 0 spiro atoms. The summed E-state index contributed by atoms with van der Waals surface area (Å²) in [6.45, 7) is 6.69. The Morgan fingerprint density at radius 1 is 1.37 bits per heavy atom. The van der Waals surface area contributed by atoms with Crippen molar-refractivity contribution in [3.63, 3.8) is 0 Å². The summed E-state index contributed by atoms with van der Waals surface area (Å²) in [4.78, 5) is 9.48. The average Bonchev–Trinajstić information content (AvgIpc) is 2.67. The first-order chi connectivity index (χ1) is 9.20. The Kier molecular flexibility index (Phi) is 5.40. The lowest BCUT2D eigenvalue weighted by molar-refractivity contribution is 0.186. The summed E-state index contributed by atoms with van der Waals surface area (Å²) >= 11 is 0. The van der Waals surface area contributed by atoms with Gasteiger partial charge in [-0.05, 0) is 39.9 Å². The number of hydrogen-bond donors (Lipinski definition) is 0. The van der Waals surface area contributed by atoms with Gasteiger partial charge in [-0.25, -0.2) is 4.98 Å². The Balaban J connectivity index is 1.98. The van der Waals surface area contributed by atoms with E-state index in [0.29, 0.717) is 6.04 Å². The van der Waals surface area contributed by atoms with Crippen LogP contribution in [0.2, 0.25) is 0 Å². The van der Waals surface area contributed by atoms with E-state index in [9.17, 15) is 0 Å². The van der Waals surface area contributed by atoms with E-state index in [1.54, 1.807) is 0 Å². The number of aryl methyl sites for hydroxylation is 1. The van der Waals surface area contributed by atoms with Crippen molar-refractivity contribution in [1.82, 2.24) is 19.4 Å². The molecule has 19 heavy (non-hydrogen) atoms. The van der Waals surface area contributed by atoms with Crippen molar-refractivity contribution in [3.05, 3.63) is 18.2 Å².